The lowest BCUT2D eigenvalue weighted by Crippen LogP contribution is -2.34. The van der Waals surface area contributed by atoms with Gasteiger partial charge in [0.2, 0.25) is 10.0 Å². The van der Waals surface area contributed by atoms with E-state index < -0.39 is 10.0 Å². The van der Waals surface area contributed by atoms with E-state index in [9.17, 15) is 13.2 Å². The molecule has 5 nitrogen and oxygen atoms in total. The highest BCUT2D eigenvalue weighted by molar-refractivity contribution is 9.10. The van der Waals surface area contributed by atoms with Crippen LogP contribution in [0.25, 0.3) is 0 Å². The Morgan fingerprint density at radius 3 is 2.29 bits per heavy atom. The highest BCUT2D eigenvalue weighted by Gasteiger charge is 2.29. The van der Waals surface area contributed by atoms with Crippen LogP contribution >= 0.6 is 15.9 Å². The lowest BCUT2D eigenvalue weighted by molar-refractivity contribution is 0.0932. The first kappa shape index (κ1) is 17.9. The topological polar surface area (TPSA) is 75.3 Å². The maximum Gasteiger partial charge on any atom is 0.252 e. The third kappa shape index (κ3) is 4.58. The van der Waals surface area contributed by atoms with Gasteiger partial charge in [0, 0.05) is 16.6 Å². The summed E-state index contributed by atoms with van der Waals surface area (Å²) in [7, 11) is -3.56. The van der Waals surface area contributed by atoms with Crippen LogP contribution in [0.3, 0.4) is 0 Å². The first-order valence-electron chi connectivity index (χ1n) is 8.58. The molecule has 0 aromatic heterocycles. The van der Waals surface area contributed by atoms with Crippen molar-refractivity contribution in [1.82, 2.24) is 10.0 Å². The molecule has 2 fully saturated rings. The van der Waals surface area contributed by atoms with Gasteiger partial charge in [0.25, 0.3) is 5.91 Å². The lowest BCUT2D eigenvalue weighted by atomic mass is 10.1. The maximum atomic E-state index is 12.6. The zero-order chi connectivity index (χ0) is 17.2. The fourth-order valence-corrected chi connectivity index (χ4v) is 4.78. The van der Waals surface area contributed by atoms with Crippen LogP contribution in [0.5, 0.6) is 0 Å². The monoisotopic (exact) mass is 414 g/mol. The number of rotatable bonds is 5. The van der Waals surface area contributed by atoms with Crippen molar-refractivity contribution in [2.75, 3.05) is 0 Å². The van der Waals surface area contributed by atoms with Crippen molar-refractivity contribution in [1.29, 1.82) is 0 Å². The molecule has 3 rings (SSSR count). The summed E-state index contributed by atoms with van der Waals surface area (Å²) >= 11 is 3.37. The molecule has 1 amide bonds. The molecule has 2 aliphatic carbocycles. The van der Waals surface area contributed by atoms with Crippen molar-refractivity contribution < 1.29 is 13.2 Å². The lowest BCUT2D eigenvalue weighted by Gasteiger charge is -2.17. The molecular weight excluding hydrogens is 392 g/mol. The second-order valence-corrected chi connectivity index (χ2v) is 9.27. The molecule has 2 N–H and O–H groups in total. The van der Waals surface area contributed by atoms with Gasteiger partial charge in [-0.1, -0.05) is 25.7 Å². The van der Waals surface area contributed by atoms with Crippen molar-refractivity contribution in [3.63, 3.8) is 0 Å². The SMILES string of the molecule is O=C(NC1CCCCCC1)c1cc(S(=O)(=O)NC2CC2)ccc1Br. The third-order valence-corrected chi connectivity index (χ3v) is 6.79. The Morgan fingerprint density at radius 2 is 1.67 bits per heavy atom. The van der Waals surface area contributed by atoms with Crippen LogP contribution in [0.15, 0.2) is 27.6 Å². The molecule has 0 aliphatic heterocycles. The van der Waals surface area contributed by atoms with Gasteiger partial charge in [-0.25, -0.2) is 13.1 Å². The van der Waals surface area contributed by atoms with Crippen LogP contribution in [0.2, 0.25) is 0 Å². The molecular formula is C17H23BrN2O3S. The normalized spacial score (nSPS) is 19.7. The van der Waals surface area contributed by atoms with E-state index in [0.29, 0.717) is 10.0 Å². The van der Waals surface area contributed by atoms with E-state index in [1.54, 1.807) is 6.07 Å². The summed E-state index contributed by atoms with van der Waals surface area (Å²) in [5.74, 6) is -0.211. The quantitative estimate of drug-likeness (QED) is 0.725. The van der Waals surface area contributed by atoms with Crippen molar-refractivity contribution >= 4 is 31.9 Å². The molecule has 0 bridgehead atoms. The van der Waals surface area contributed by atoms with Crippen LogP contribution in [0, 0.1) is 0 Å². The largest absolute Gasteiger partial charge is 0.349 e. The number of hydrogen-bond donors (Lipinski definition) is 2. The molecule has 1 aromatic carbocycles. The van der Waals surface area contributed by atoms with Crippen molar-refractivity contribution in [2.45, 2.75) is 68.3 Å². The van der Waals surface area contributed by atoms with E-state index in [-0.39, 0.29) is 22.9 Å². The molecule has 132 valence electrons. The summed E-state index contributed by atoms with van der Waals surface area (Å²) in [6.45, 7) is 0. The molecule has 1 aromatic rings. The van der Waals surface area contributed by atoms with Crippen LogP contribution in [-0.2, 0) is 10.0 Å². The number of benzene rings is 1. The summed E-state index contributed by atoms with van der Waals surface area (Å²) in [5.41, 5.74) is 0.373. The molecule has 0 atom stereocenters. The minimum absolute atomic E-state index is 0.0434. The molecule has 7 heteroatoms. The van der Waals surface area contributed by atoms with E-state index in [1.807, 2.05) is 0 Å². The number of amides is 1. The highest BCUT2D eigenvalue weighted by Crippen LogP contribution is 2.25. The standard InChI is InChI=1S/C17H23BrN2O3S/c18-16-10-9-14(24(22,23)20-13-7-8-13)11-15(16)17(21)19-12-5-3-1-2-4-6-12/h9-13,20H,1-8H2,(H,19,21). The van der Waals surface area contributed by atoms with Gasteiger partial charge >= 0.3 is 0 Å². The fraction of sp³-hybridized carbons (Fsp3) is 0.588. The summed E-state index contributed by atoms with van der Waals surface area (Å²) in [6.07, 6.45) is 8.44. The van der Waals surface area contributed by atoms with E-state index in [2.05, 4.69) is 26.0 Å². The summed E-state index contributed by atoms with van der Waals surface area (Å²) in [6, 6.07) is 4.83. The van der Waals surface area contributed by atoms with Gasteiger partial charge in [-0.15, -0.1) is 0 Å². The Morgan fingerprint density at radius 1 is 1.00 bits per heavy atom. The van der Waals surface area contributed by atoms with Crippen molar-refractivity contribution in [3.8, 4) is 0 Å². The average molecular weight is 415 g/mol. The highest BCUT2D eigenvalue weighted by atomic mass is 79.9. The summed E-state index contributed by atoms with van der Waals surface area (Å²) in [5, 5.41) is 3.06. The van der Waals surface area contributed by atoms with Gasteiger partial charge in [0.05, 0.1) is 10.5 Å². The minimum atomic E-state index is -3.56. The first-order chi connectivity index (χ1) is 11.5. The smallest absolute Gasteiger partial charge is 0.252 e. The van der Waals surface area contributed by atoms with E-state index >= 15 is 0 Å². The van der Waals surface area contributed by atoms with Gasteiger partial charge in [-0.05, 0) is 59.8 Å². The van der Waals surface area contributed by atoms with E-state index in [1.165, 1.54) is 25.0 Å². The number of carbonyl (C=O) groups excluding carboxylic acids is 1. The third-order valence-electron chi connectivity index (χ3n) is 4.58. The molecule has 0 heterocycles. The molecule has 0 spiro atoms. The minimum Gasteiger partial charge on any atom is -0.349 e. The number of carbonyl (C=O) groups is 1. The Balaban J connectivity index is 1.76. The predicted molar refractivity (Wildman–Crippen MR) is 96.4 cm³/mol. The summed E-state index contributed by atoms with van der Waals surface area (Å²) < 4.78 is 27.9. The van der Waals surface area contributed by atoms with Crippen LogP contribution < -0.4 is 10.0 Å². The molecule has 0 unspecified atom stereocenters. The zero-order valence-corrected chi connectivity index (χ0v) is 16.0. The van der Waals surface area contributed by atoms with E-state index in [4.69, 9.17) is 0 Å². The Labute approximate surface area is 151 Å². The van der Waals surface area contributed by atoms with Crippen molar-refractivity contribution in [2.24, 2.45) is 0 Å². The van der Waals surface area contributed by atoms with E-state index in [0.717, 1.165) is 38.5 Å². The van der Waals surface area contributed by atoms with Gasteiger partial charge in [0.1, 0.15) is 0 Å². The number of halogens is 1. The Hall–Kier alpha value is -0.920. The second kappa shape index (κ2) is 7.54. The van der Waals surface area contributed by atoms with Gasteiger partial charge in [-0.3, -0.25) is 4.79 Å². The molecule has 0 radical (unpaired) electrons. The maximum absolute atomic E-state index is 12.6. The first-order valence-corrected chi connectivity index (χ1v) is 10.9. The van der Waals surface area contributed by atoms with Gasteiger partial charge in [0.15, 0.2) is 0 Å². The second-order valence-electron chi connectivity index (χ2n) is 6.70. The summed E-state index contributed by atoms with van der Waals surface area (Å²) in [4.78, 5) is 12.7. The van der Waals surface area contributed by atoms with Crippen LogP contribution in [0.1, 0.15) is 61.7 Å². The van der Waals surface area contributed by atoms with Crippen molar-refractivity contribution in [3.05, 3.63) is 28.2 Å². The van der Waals surface area contributed by atoms with Gasteiger partial charge < -0.3 is 5.32 Å². The Bertz CT molecular complexity index is 709. The molecule has 0 saturated heterocycles. The predicted octanol–water partition coefficient (Wildman–Crippen LogP) is 3.34. The van der Waals surface area contributed by atoms with Gasteiger partial charge in [-0.2, -0.15) is 0 Å². The number of sulfonamides is 1. The molecule has 2 aliphatic rings. The molecule has 24 heavy (non-hydrogen) atoms. The van der Waals surface area contributed by atoms with Crippen LogP contribution in [0.4, 0.5) is 0 Å². The number of nitrogens with one attached hydrogen (secondary N) is 2. The van der Waals surface area contributed by atoms with Crippen LogP contribution in [-0.4, -0.2) is 26.4 Å². The zero-order valence-electron chi connectivity index (χ0n) is 13.6. The molecule has 2 saturated carbocycles. The Kier molecular flexibility index (Phi) is 5.62. The average Bonchev–Trinajstić information content (AvgIpc) is 3.35. The fourth-order valence-electron chi connectivity index (χ4n) is 3.02. The number of hydrogen-bond acceptors (Lipinski definition) is 3.